The van der Waals surface area contributed by atoms with Gasteiger partial charge < -0.3 is 25.6 Å². The highest BCUT2D eigenvalue weighted by Crippen LogP contribution is 2.33. The quantitative estimate of drug-likeness (QED) is 0.305. The second-order valence-electron chi connectivity index (χ2n) is 8.64. The van der Waals surface area contributed by atoms with E-state index < -0.39 is 30.4 Å². The van der Waals surface area contributed by atoms with Crippen LogP contribution in [-0.4, -0.2) is 71.0 Å². The molecule has 4 aromatic rings. The first-order chi connectivity index (χ1) is 17.4. The molecule has 1 fully saturated rings. The molecule has 1 amide bonds. The van der Waals surface area contributed by atoms with Gasteiger partial charge in [0.25, 0.3) is 5.91 Å². The lowest BCUT2D eigenvalue weighted by Crippen LogP contribution is -2.41. The molecule has 1 aliphatic heterocycles. The van der Waals surface area contributed by atoms with Crippen molar-refractivity contribution in [2.75, 3.05) is 12.4 Å². The summed E-state index contributed by atoms with van der Waals surface area (Å²) in [4.78, 5) is 34.8. The van der Waals surface area contributed by atoms with E-state index in [1.165, 1.54) is 17.9 Å². The Morgan fingerprint density at radius 2 is 1.97 bits per heavy atom. The van der Waals surface area contributed by atoms with Gasteiger partial charge >= 0.3 is 0 Å². The van der Waals surface area contributed by atoms with E-state index in [4.69, 9.17) is 14.7 Å². The number of aliphatic hydroxyl groups is 2. The Labute approximate surface area is 206 Å². The first-order valence-corrected chi connectivity index (χ1v) is 11.4. The van der Waals surface area contributed by atoms with Crippen LogP contribution in [0.3, 0.4) is 0 Å². The molecular formula is C24H26N8O4. The van der Waals surface area contributed by atoms with Crippen LogP contribution in [0.5, 0.6) is 0 Å². The molecule has 4 N–H and O–H groups in total. The maximum Gasteiger partial charge on any atom is 0.251 e. The van der Waals surface area contributed by atoms with Gasteiger partial charge in [-0.05, 0) is 37.6 Å². The predicted molar refractivity (Wildman–Crippen MR) is 130 cm³/mol. The van der Waals surface area contributed by atoms with Crippen molar-refractivity contribution < 1.29 is 19.7 Å². The van der Waals surface area contributed by atoms with Crippen LogP contribution in [0.15, 0.2) is 43.0 Å². The summed E-state index contributed by atoms with van der Waals surface area (Å²) >= 11 is 0. The molecule has 4 aromatic heterocycles. The topological polar surface area (TPSA) is 160 Å². The van der Waals surface area contributed by atoms with Gasteiger partial charge in [-0.15, -0.1) is 0 Å². The third kappa shape index (κ3) is 4.37. The monoisotopic (exact) mass is 490 g/mol. The molecule has 36 heavy (non-hydrogen) atoms. The summed E-state index contributed by atoms with van der Waals surface area (Å²) in [7, 11) is 1.43. The Morgan fingerprint density at radius 1 is 1.14 bits per heavy atom. The summed E-state index contributed by atoms with van der Waals surface area (Å²) in [5.41, 5.74) is 4.14. The van der Waals surface area contributed by atoms with Crippen LogP contribution in [0.2, 0.25) is 0 Å². The summed E-state index contributed by atoms with van der Waals surface area (Å²) in [5, 5.41) is 26.8. The van der Waals surface area contributed by atoms with Crippen LogP contribution in [0.1, 0.15) is 23.2 Å². The van der Waals surface area contributed by atoms with E-state index in [9.17, 15) is 15.0 Å². The minimum absolute atomic E-state index is 0.356. The lowest BCUT2D eigenvalue weighted by atomic mass is 10.1. The van der Waals surface area contributed by atoms with Gasteiger partial charge in [0.15, 0.2) is 35.1 Å². The molecule has 0 bridgehead atoms. The van der Waals surface area contributed by atoms with Gasteiger partial charge in [-0.25, -0.2) is 15.0 Å². The maximum atomic E-state index is 12.1. The Hall–Kier alpha value is -4.00. The molecule has 5 rings (SSSR count). The summed E-state index contributed by atoms with van der Waals surface area (Å²) in [6.45, 7) is 4.24. The van der Waals surface area contributed by atoms with Crippen molar-refractivity contribution in [3.8, 4) is 11.4 Å². The number of nitrogens with zero attached hydrogens (tertiary/aromatic N) is 6. The molecular weight excluding hydrogens is 464 g/mol. The van der Waals surface area contributed by atoms with Crippen molar-refractivity contribution in [1.29, 1.82) is 0 Å². The van der Waals surface area contributed by atoms with Gasteiger partial charge in [-0.3, -0.25) is 19.3 Å². The average molecular weight is 491 g/mol. The molecule has 0 saturated carbocycles. The van der Waals surface area contributed by atoms with E-state index in [2.05, 4.69) is 25.6 Å². The SMILES string of the molecule is CNC(=O)[C@H]1O[C@@H](n2cnc3c(NCc4cccc(C)n4)nc(-c4cncc(C)c4)nc32)[C@H](O)[C@@H]1O. The molecule has 0 spiro atoms. The molecule has 0 radical (unpaired) electrons. The van der Waals surface area contributed by atoms with Gasteiger partial charge in [0.2, 0.25) is 0 Å². The molecule has 186 valence electrons. The Kier molecular flexibility index (Phi) is 6.31. The van der Waals surface area contributed by atoms with Crippen LogP contribution in [0.4, 0.5) is 5.82 Å². The molecule has 4 atom stereocenters. The lowest BCUT2D eigenvalue weighted by Gasteiger charge is -2.17. The van der Waals surface area contributed by atoms with Crippen LogP contribution in [-0.2, 0) is 16.1 Å². The average Bonchev–Trinajstić information content (AvgIpc) is 3.43. The second-order valence-corrected chi connectivity index (χ2v) is 8.64. The highest BCUT2D eigenvalue weighted by atomic mass is 16.6. The van der Waals surface area contributed by atoms with Crippen LogP contribution >= 0.6 is 0 Å². The number of pyridine rings is 2. The number of rotatable bonds is 6. The molecule has 1 aliphatic rings. The number of aromatic nitrogens is 6. The minimum atomic E-state index is -1.42. The Morgan fingerprint density at radius 3 is 2.72 bits per heavy atom. The number of imidazole rings is 1. The number of hydrogen-bond acceptors (Lipinski definition) is 10. The zero-order chi connectivity index (χ0) is 25.4. The predicted octanol–water partition coefficient (Wildman–Crippen LogP) is 0.877. The van der Waals surface area contributed by atoms with Crippen molar-refractivity contribution in [3.63, 3.8) is 0 Å². The third-order valence-corrected chi connectivity index (χ3v) is 5.95. The van der Waals surface area contributed by atoms with E-state index in [0.29, 0.717) is 34.9 Å². The number of likely N-dealkylation sites (N-methyl/N-ethyl adjacent to an activating group) is 1. The zero-order valence-corrected chi connectivity index (χ0v) is 20.0. The van der Waals surface area contributed by atoms with Gasteiger partial charge in [-0.2, -0.15) is 0 Å². The van der Waals surface area contributed by atoms with Gasteiger partial charge in [0, 0.05) is 30.7 Å². The first kappa shape index (κ1) is 23.7. The first-order valence-electron chi connectivity index (χ1n) is 11.4. The number of aryl methyl sites for hydroxylation is 2. The summed E-state index contributed by atoms with van der Waals surface area (Å²) in [5.74, 6) is 0.299. The number of hydrogen-bond donors (Lipinski definition) is 4. The van der Waals surface area contributed by atoms with Crippen LogP contribution in [0, 0.1) is 13.8 Å². The van der Waals surface area contributed by atoms with E-state index >= 15 is 0 Å². The Bertz CT molecular complexity index is 1420. The van der Waals surface area contributed by atoms with Crippen LogP contribution in [0.25, 0.3) is 22.6 Å². The molecule has 12 heteroatoms. The van der Waals surface area contributed by atoms with Crippen molar-refractivity contribution >= 4 is 22.9 Å². The van der Waals surface area contributed by atoms with Gasteiger partial charge in [-0.1, -0.05) is 6.07 Å². The standard InChI is InChI=1S/C24H26N8O4/c1-12-7-14(9-26-8-12)20-30-21(27-10-15-6-4-5-13(2)29-15)16-22(31-20)32(11-28-16)24-18(34)17(33)19(36-24)23(35)25-3/h4-9,11,17-19,24,33-34H,10H2,1-3H3,(H,25,35)(H,27,30,31)/t17-,18+,19-,24+/m0/s1. The van der Waals surface area contributed by atoms with Gasteiger partial charge in [0.05, 0.1) is 18.6 Å². The Balaban J connectivity index is 1.58. The number of ether oxygens (including phenoxy) is 1. The molecule has 0 unspecified atom stereocenters. The van der Waals surface area contributed by atoms with Crippen molar-refractivity contribution in [2.45, 2.75) is 44.9 Å². The molecule has 1 saturated heterocycles. The number of fused-ring (bicyclic) bond motifs is 1. The van der Waals surface area contributed by atoms with E-state index in [1.807, 2.05) is 38.1 Å². The molecule has 0 aliphatic carbocycles. The highest BCUT2D eigenvalue weighted by Gasteiger charge is 2.47. The number of carbonyl (C=O) groups excluding carboxylic acids is 1. The fraction of sp³-hybridized carbons (Fsp3) is 0.333. The van der Waals surface area contributed by atoms with E-state index in [-0.39, 0.29) is 0 Å². The van der Waals surface area contributed by atoms with E-state index in [0.717, 1.165) is 17.0 Å². The number of aliphatic hydroxyl groups excluding tert-OH is 2. The third-order valence-electron chi connectivity index (χ3n) is 5.95. The van der Waals surface area contributed by atoms with E-state index in [1.54, 1.807) is 12.4 Å². The second kappa shape index (κ2) is 9.57. The number of carbonyl (C=O) groups is 1. The number of amides is 1. The molecule has 0 aromatic carbocycles. The van der Waals surface area contributed by atoms with Crippen molar-refractivity contribution in [1.82, 2.24) is 34.8 Å². The fourth-order valence-corrected chi connectivity index (χ4v) is 4.15. The minimum Gasteiger partial charge on any atom is -0.387 e. The summed E-state index contributed by atoms with van der Waals surface area (Å²) < 4.78 is 7.24. The molecule has 5 heterocycles. The smallest absolute Gasteiger partial charge is 0.251 e. The largest absolute Gasteiger partial charge is 0.387 e. The summed E-state index contributed by atoms with van der Waals surface area (Å²) in [6.07, 6.45) is -0.279. The lowest BCUT2D eigenvalue weighted by molar-refractivity contribution is -0.137. The van der Waals surface area contributed by atoms with Crippen molar-refractivity contribution in [2.24, 2.45) is 0 Å². The van der Waals surface area contributed by atoms with Crippen LogP contribution < -0.4 is 10.6 Å². The number of anilines is 1. The number of nitrogens with one attached hydrogen (secondary N) is 2. The highest BCUT2D eigenvalue weighted by molar-refractivity contribution is 5.85. The fourth-order valence-electron chi connectivity index (χ4n) is 4.15. The normalized spacial score (nSPS) is 21.6. The zero-order valence-electron chi connectivity index (χ0n) is 20.0. The maximum absolute atomic E-state index is 12.1. The molecule has 12 nitrogen and oxygen atoms in total. The van der Waals surface area contributed by atoms with Crippen molar-refractivity contribution in [3.05, 3.63) is 59.9 Å². The summed E-state index contributed by atoms with van der Waals surface area (Å²) in [6, 6.07) is 7.67. The van der Waals surface area contributed by atoms with Gasteiger partial charge in [0.1, 0.15) is 12.2 Å².